The molecule has 9 heteroatoms. The first-order valence-corrected chi connectivity index (χ1v) is 10.5. The quantitative estimate of drug-likeness (QED) is 0.516. The number of aromatic nitrogens is 2. The molecule has 2 aromatic carbocycles. The van der Waals surface area contributed by atoms with E-state index in [4.69, 9.17) is 9.47 Å². The molecule has 174 valence electrons. The summed E-state index contributed by atoms with van der Waals surface area (Å²) in [4.78, 5) is 26.4. The number of benzene rings is 2. The topological polar surface area (TPSA) is 106 Å². The van der Waals surface area contributed by atoms with Crippen molar-refractivity contribution in [3.63, 3.8) is 0 Å². The highest BCUT2D eigenvalue weighted by atomic mass is 16.5. The van der Waals surface area contributed by atoms with Crippen LogP contribution >= 0.6 is 0 Å². The third kappa shape index (κ3) is 6.33. The van der Waals surface area contributed by atoms with Crippen molar-refractivity contribution >= 4 is 17.6 Å². The lowest BCUT2D eigenvalue weighted by Gasteiger charge is -2.17. The monoisotopic (exact) mass is 452 g/mol. The number of nitrogens with zero attached hydrogens (tertiary/aromatic N) is 3. The molecule has 0 aliphatic heterocycles. The Balaban J connectivity index is 1.86. The average Bonchev–Trinajstić information content (AvgIpc) is 3.21. The highest BCUT2D eigenvalue weighted by Gasteiger charge is 2.15. The maximum absolute atomic E-state index is 12.8. The standard InChI is InChI=1S/C24H28N4O5/c1-5-18(15-29)32-20-12-17(23(30)25-22-10-11-28(4)26-22)13-21(14-20)33-19-8-6-16(7-9-19)24(31)27(2)3/h6-14,18,29H,5,15H2,1-4H3,(H,25,26,30). The predicted octanol–water partition coefficient (Wildman–Crippen LogP) is 3.32. The fourth-order valence-corrected chi connectivity index (χ4v) is 3.00. The van der Waals surface area contributed by atoms with Gasteiger partial charge in [-0.05, 0) is 42.8 Å². The Morgan fingerprint density at radius 3 is 2.33 bits per heavy atom. The Kier molecular flexibility index (Phi) is 7.68. The van der Waals surface area contributed by atoms with Crippen LogP contribution in [0.4, 0.5) is 5.82 Å². The van der Waals surface area contributed by atoms with Gasteiger partial charge in [0, 0.05) is 50.6 Å². The van der Waals surface area contributed by atoms with Crippen LogP contribution in [0.5, 0.6) is 17.2 Å². The number of aliphatic hydroxyl groups is 1. The number of ether oxygens (including phenoxy) is 2. The van der Waals surface area contributed by atoms with Crippen LogP contribution in [0.1, 0.15) is 34.1 Å². The van der Waals surface area contributed by atoms with Crippen LogP contribution in [-0.4, -0.2) is 58.4 Å². The predicted molar refractivity (Wildman–Crippen MR) is 124 cm³/mol. The van der Waals surface area contributed by atoms with Crippen molar-refractivity contribution in [1.29, 1.82) is 0 Å². The Hall–Kier alpha value is -3.85. The molecular weight excluding hydrogens is 424 g/mol. The van der Waals surface area contributed by atoms with Crippen LogP contribution in [0, 0.1) is 0 Å². The van der Waals surface area contributed by atoms with E-state index >= 15 is 0 Å². The van der Waals surface area contributed by atoms with Crippen LogP contribution in [0.2, 0.25) is 0 Å². The summed E-state index contributed by atoms with van der Waals surface area (Å²) in [5.41, 5.74) is 0.842. The van der Waals surface area contributed by atoms with Gasteiger partial charge in [-0.2, -0.15) is 5.10 Å². The van der Waals surface area contributed by atoms with Gasteiger partial charge >= 0.3 is 0 Å². The van der Waals surface area contributed by atoms with Gasteiger partial charge in [0.15, 0.2) is 5.82 Å². The Morgan fingerprint density at radius 1 is 1.06 bits per heavy atom. The van der Waals surface area contributed by atoms with E-state index in [0.29, 0.717) is 40.6 Å². The van der Waals surface area contributed by atoms with Gasteiger partial charge < -0.3 is 24.8 Å². The molecule has 2 amide bonds. The number of rotatable bonds is 9. The van der Waals surface area contributed by atoms with E-state index in [2.05, 4.69) is 10.4 Å². The molecule has 9 nitrogen and oxygen atoms in total. The van der Waals surface area contributed by atoms with E-state index < -0.39 is 6.10 Å². The van der Waals surface area contributed by atoms with Gasteiger partial charge in [-0.3, -0.25) is 14.3 Å². The van der Waals surface area contributed by atoms with Gasteiger partial charge in [0.2, 0.25) is 0 Å². The molecule has 0 saturated carbocycles. The Labute approximate surface area is 192 Å². The van der Waals surface area contributed by atoms with E-state index in [9.17, 15) is 14.7 Å². The number of hydrogen-bond donors (Lipinski definition) is 2. The van der Waals surface area contributed by atoms with E-state index in [-0.39, 0.29) is 18.4 Å². The zero-order valence-electron chi connectivity index (χ0n) is 19.1. The highest BCUT2D eigenvalue weighted by Crippen LogP contribution is 2.29. The summed E-state index contributed by atoms with van der Waals surface area (Å²) in [7, 11) is 5.13. The minimum atomic E-state index is -0.414. The number of nitrogens with one attached hydrogen (secondary N) is 1. The summed E-state index contributed by atoms with van der Waals surface area (Å²) in [6.07, 6.45) is 1.91. The molecule has 0 aliphatic carbocycles. The lowest BCUT2D eigenvalue weighted by molar-refractivity contribution is 0.0827. The van der Waals surface area contributed by atoms with Crippen molar-refractivity contribution < 1.29 is 24.2 Å². The van der Waals surface area contributed by atoms with Crippen molar-refractivity contribution in [3.05, 3.63) is 65.9 Å². The lowest BCUT2D eigenvalue weighted by atomic mass is 10.1. The maximum atomic E-state index is 12.8. The molecule has 3 rings (SSSR count). The van der Waals surface area contributed by atoms with E-state index in [1.165, 1.54) is 4.90 Å². The van der Waals surface area contributed by atoms with E-state index in [0.717, 1.165) is 0 Å². The van der Waals surface area contributed by atoms with Gasteiger partial charge in [0.05, 0.1) is 6.61 Å². The zero-order valence-corrected chi connectivity index (χ0v) is 19.1. The van der Waals surface area contributed by atoms with Crippen molar-refractivity contribution in [2.75, 3.05) is 26.0 Å². The number of aryl methyl sites for hydroxylation is 1. The summed E-state index contributed by atoms with van der Waals surface area (Å²) in [6, 6.07) is 13.2. The van der Waals surface area contributed by atoms with Crippen LogP contribution in [0.3, 0.4) is 0 Å². The minimum Gasteiger partial charge on any atom is -0.488 e. The average molecular weight is 453 g/mol. The summed E-state index contributed by atoms with van der Waals surface area (Å²) < 4.78 is 13.4. The third-order valence-electron chi connectivity index (χ3n) is 4.80. The molecule has 0 radical (unpaired) electrons. The van der Waals surface area contributed by atoms with Gasteiger partial charge in [-0.1, -0.05) is 6.92 Å². The van der Waals surface area contributed by atoms with Gasteiger partial charge in [-0.15, -0.1) is 0 Å². The Morgan fingerprint density at radius 2 is 1.76 bits per heavy atom. The molecule has 1 atom stereocenters. The van der Waals surface area contributed by atoms with E-state index in [1.807, 2.05) is 6.92 Å². The maximum Gasteiger partial charge on any atom is 0.257 e. The molecule has 33 heavy (non-hydrogen) atoms. The largest absolute Gasteiger partial charge is 0.488 e. The van der Waals surface area contributed by atoms with Crippen molar-refractivity contribution in [1.82, 2.24) is 14.7 Å². The molecule has 1 heterocycles. The normalized spacial score (nSPS) is 11.5. The van der Waals surface area contributed by atoms with Gasteiger partial charge in [-0.25, -0.2) is 0 Å². The number of carbonyl (C=O) groups excluding carboxylic acids is 2. The number of carbonyl (C=O) groups is 2. The summed E-state index contributed by atoms with van der Waals surface area (Å²) in [5.74, 6) is 1.18. The first kappa shape index (κ1) is 23.8. The minimum absolute atomic E-state index is 0.111. The number of amides is 2. The first-order chi connectivity index (χ1) is 15.8. The second-order valence-electron chi connectivity index (χ2n) is 7.68. The molecule has 2 N–H and O–H groups in total. The summed E-state index contributed by atoms with van der Waals surface area (Å²) >= 11 is 0. The van der Waals surface area contributed by atoms with Crippen molar-refractivity contribution in [2.24, 2.45) is 7.05 Å². The number of aliphatic hydroxyl groups excluding tert-OH is 1. The molecule has 1 unspecified atom stereocenters. The van der Waals surface area contributed by atoms with Crippen LogP contribution < -0.4 is 14.8 Å². The van der Waals surface area contributed by atoms with Crippen LogP contribution in [0.25, 0.3) is 0 Å². The smallest absolute Gasteiger partial charge is 0.257 e. The van der Waals surface area contributed by atoms with Crippen molar-refractivity contribution in [3.8, 4) is 17.2 Å². The lowest BCUT2D eigenvalue weighted by Crippen LogP contribution is -2.21. The highest BCUT2D eigenvalue weighted by molar-refractivity contribution is 6.04. The fourth-order valence-electron chi connectivity index (χ4n) is 3.00. The van der Waals surface area contributed by atoms with Gasteiger partial charge in [0.25, 0.3) is 11.8 Å². The molecule has 3 aromatic rings. The molecular formula is C24H28N4O5. The molecule has 0 spiro atoms. The third-order valence-corrected chi connectivity index (χ3v) is 4.80. The summed E-state index contributed by atoms with van der Waals surface area (Å²) in [5, 5.41) is 16.4. The fraction of sp³-hybridized carbons (Fsp3) is 0.292. The van der Waals surface area contributed by atoms with Crippen molar-refractivity contribution in [2.45, 2.75) is 19.4 Å². The van der Waals surface area contributed by atoms with E-state index in [1.54, 1.807) is 80.6 Å². The van der Waals surface area contributed by atoms with Crippen LogP contribution in [-0.2, 0) is 7.05 Å². The molecule has 0 bridgehead atoms. The van der Waals surface area contributed by atoms with Crippen LogP contribution in [0.15, 0.2) is 54.7 Å². The first-order valence-electron chi connectivity index (χ1n) is 10.5. The number of anilines is 1. The summed E-state index contributed by atoms with van der Waals surface area (Å²) in [6.45, 7) is 1.74. The second kappa shape index (κ2) is 10.6. The molecule has 0 aliphatic rings. The van der Waals surface area contributed by atoms with Gasteiger partial charge in [0.1, 0.15) is 23.4 Å². The second-order valence-corrected chi connectivity index (χ2v) is 7.68. The SMILES string of the molecule is CCC(CO)Oc1cc(Oc2ccc(C(=O)N(C)C)cc2)cc(C(=O)Nc2ccn(C)n2)c1. The zero-order chi connectivity index (χ0) is 24.0. The molecule has 0 saturated heterocycles. The Bertz CT molecular complexity index is 1100. The molecule has 1 aromatic heterocycles. The number of hydrogen-bond acceptors (Lipinski definition) is 6. The molecule has 0 fully saturated rings.